The molecule has 0 bridgehead atoms. The van der Waals surface area contributed by atoms with E-state index in [2.05, 4.69) is 39.0 Å². The molecular formula is C48H88O6. The predicted octanol–water partition coefficient (Wildman–Crippen LogP) is 14.8. The van der Waals surface area contributed by atoms with Crippen LogP contribution in [0.2, 0.25) is 0 Å². The maximum absolute atomic E-state index is 12.7. The fourth-order valence-corrected chi connectivity index (χ4v) is 6.67. The van der Waals surface area contributed by atoms with Crippen molar-refractivity contribution in [3.05, 3.63) is 24.3 Å². The highest BCUT2D eigenvalue weighted by molar-refractivity contribution is 5.71. The quantitative estimate of drug-likeness (QED) is 0.0267. The van der Waals surface area contributed by atoms with E-state index in [1.807, 2.05) is 6.08 Å². The largest absolute Gasteiger partial charge is 0.462 e. The molecule has 0 aromatic heterocycles. The molecule has 0 aliphatic heterocycles. The van der Waals surface area contributed by atoms with Gasteiger partial charge in [-0.3, -0.25) is 14.4 Å². The topological polar surface area (TPSA) is 78.9 Å². The van der Waals surface area contributed by atoms with Crippen molar-refractivity contribution in [3.63, 3.8) is 0 Å². The van der Waals surface area contributed by atoms with E-state index in [1.165, 1.54) is 148 Å². The Balaban J connectivity index is 4.42. The highest BCUT2D eigenvalue weighted by Crippen LogP contribution is 2.15. The second-order valence-electron chi connectivity index (χ2n) is 15.7. The smallest absolute Gasteiger partial charge is 0.306 e. The lowest BCUT2D eigenvalue weighted by Gasteiger charge is -2.18. The van der Waals surface area contributed by atoms with Crippen molar-refractivity contribution in [2.24, 2.45) is 0 Å². The standard InChI is InChI=1S/C48H88O6/c1-4-7-10-13-16-19-22-24-27-29-32-35-38-41-47(50)53-44-45(43-52-46(49)40-37-34-31-28-25-21-18-15-12-9-6-3)54-48(51)42-39-36-33-30-26-23-20-17-14-11-8-5-2/h24,27,32,35,45H,4-23,25-26,28-31,33-34,36-44H2,1-3H3/b27-24-,35-32-. The van der Waals surface area contributed by atoms with E-state index >= 15 is 0 Å². The summed E-state index contributed by atoms with van der Waals surface area (Å²) in [6.07, 6.45) is 47.4. The Labute approximate surface area is 334 Å². The zero-order valence-corrected chi connectivity index (χ0v) is 36.0. The zero-order chi connectivity index (χ0) is 39.4. The zero-order valence-electron chi connectivity index (χ0n) is 36.0. The van der Waals surface area contributed by atoms with E-state index in [0.29, 0.717) is 19.3 Å². The van der Waals surface area contributed by atoms with Gasteiger partial charge in [0.15, 0.2) is 6.10 Å². The lowest BCUT2D eigenvalue weighted by Crippen LogP contribution is -2.30. The molecule has 0 radical (unpaired) electrons. The third-order valence-electron chi connectivity index (χ3n) is 10.2. The number of carbonyl (C=O) groups is 3. The third-order valence-corrected chi connectivity index (χ3v) is 10.2. The molecule has 0 rings (SSSR count). The van der Waals surface area contributed by atoms with E-state index < -0.39 is 6.10 Å². The average molecular weight is 761 g/mol. The monoisotopic (exact) mass is 761 g/mol. The summed E-state index contributed by atoms with van der Waals surface area (Å²) in [5, 5.41) is 0. The maximum atomic E-state index is 12.7. The van der Waals surface area contributed by atoms with E-state index in [4.69, 9.17) is 14.2 Å². The molecule has 6 heteroatoms. The van der Waals surface area contributed by atoms with Gasteiger partial charge < -0.3 is 14.2 Å². The van der Waals surface area contributed by atoms with Crippen LogP contribution in [0.1, 0.15) is 245 Å². The van der Waals surface area contributed by atoms with Crippen LogP contribution in [0, 0.1) is 0 Å². The molecule has 0 spiro atoms. The van der Waals surface area contributed by atoms with Gasteiger partial charge in [0.2, 0.25) is 0 Å². The highest BCUT2D eigenvalue weighted by Gasteiger charge is 2.19. The second-order valence-corrected chi connectivity index (χ2v) is 15.7. The van der Waals surface area contributed by atoms with Crippen LogP contribution in [-0.2, 0) is 28.6 Å². The van der Waals surface area contributed by atoms with Crippen LogP contribution >= 0.6 is 0 Å². The number of unbranched alkanes of at least 4 members (excludes halogenated alkanes) is 27. The summed E-state index contributed by atoms with van der Waals surface area (Å²) in [5.74, 6) is -0.949. The number of allylic oxidation sites excluding steroid dienone is 4. The van der Waals surface area contributed by atoms with Crippen molar-refractivity contribution in [2.45, 2.75) is 252 Å². The molecule has 6 nitrogen and oxygen atoms in total. The maximum Gasteiger partial charge on any atom is 0.306 e. The van der Waals surface area contributed by atoms with Crippen molar-refractivity contribution < 1.29 is 28.6 Å². The molecule has 0 N–H and O–H groups in total. The summed E-state index contributed by atoms with van der Waals surface area (Å²) < 4.78 is 16.7. The van der Waals surface area contributed by atoms with Crippen LogP contribution in [0.15, 0.2) is 24.3 Å². The lowest BCUT2D eigenvalue weighted by atomic mass is 10.0. The highest BCUT2D eigenvalue weighted by atomic mass is 16.6. The van der Waals surface area contributed by atoms with Gasteiger partial charge in [0, 0.05) is 19.3 Å². The summed E-state index contributed by atoms with van der Waals surface area (Å²) in [7, 11) is 0. The molecule has 54 heavy (non-hydrogen) atoms. The minimum atomic E-state index is -0.785. The van der Waals surface area contributed by atoms with E-state index in [1.54, 1.807) is 0 Å². The molecule has 0 aliphatic rings. The number of hydrogen-bond acceptors (Lipinski definition) is 6. The molecule has 1 atom stereocenters. The predicted molar refractivity (Wildman–Crippen MR) is 229 cm³/mol. The molecular weight excluding hydrogens is 673 g/mol. The Morgan fingerprint density at radius 1 is 0.370 bits per heavy atom. The Kier molecular flexibility index (Phi) is 41.9. The van der Waals surface area contributed by atoms with Crippen LogP contribution < -0.4 is 0 Å². The number of ether oxygens (including phenoxy) is 3. The van der Waals surface area contributed by atoms with Crippen LogP contribution in [0.25, 0.3) is 0 Å². The summed E-state index contributed by atoms with van der Waals surface area (Å²) in [6.45, 7) is 6.57. The van der Waals surface area contributed by atoms with E-state index in [9.17, 15) is 14.4 Å². The van der Waals surface area contributed by atoms with Crippen molar-refractivity contribution >= 4 is 17.9 Å². The average Bonchev–Trinajstić information content (AvgIpc) is 3.17. The number of hydrogen-bond donors (Lipinski definition) is 0. The fraction of sp³-hybridized carbons (Fsp3) is 0.854. The van der Waals surface area contributed by atoms with Gasteiger partial charge in [0.25, 0.3) is 0 Å². The summed E-state index contributed by atoms with van der Waals surface area (Å²) >= 11 is 0. The van der Waals surface area contributed by atoms with Crippen molar-refractivity contribution in [1.82, 2.24) is 0 Å². The van der Waals surface area contributed by atoms with Gasteiger partial charge in [0.1, 0.15) is 13.2 Å². The van der Waals surface area contributed by atoms with Gasteiger partial charge in [-0.1, -0.05) is 212 Å². The Morgan fingerprint density at radius 3 is 1.13 bits per heavy atom. The minimum Gasteiger partial charge on any atom is -0.462 e. The molecule has 0 aromatic carbocycles. The summed E-state index contributed by atoms with van der Waals surface area (Å²) in [6, 6.07) is 0. The second kappa shape index (κ2) is 43.6. The number of carbonyl (C=O) groups excluding carboxylic acids is 3. The molecule has 0 fully saturated rings. The lowest BCUT2D eigenvalue weighted by molar-refractivity contribution is -0.166. The first-order valence-electron chi connectivity index (χ1n) is 23.3. The van der Waals surface area contributed by atoms with Crippen LogP contribution in [0.3, 0.4) is 0 Å². The molecule has 0 saturated carbocycles. The Bertz CT molecular complexity index is 880. The minimum absolute atomic E-state index is 0.0840. The Hall–Kier alpha value is -2.11. The number of esters is 3. The van der Waals surface area contributed by atoms with Crippen LogP contribution in [0.5, 0.6) is 0 Å². The molecule has 0 saturated heterocycles. The van der Waals surface area contributed by atoms with E-state index in [0.717, 1.165) is 51.4 Å². The summed E-state index contributed by atoms with van der Waals surface area (Å²) in [5.41, 5.74) is 0. The first kappa shape index (κ1) is 51.9. The van der Waals surface area contributed by atoms with Gasteiger partial charge in [0.05, 0.1) is 0 Å². The van der Waals surface area contributed by atoms with Crippen molar-refractivity contribution in [1.29, 1.82) is 0 Å². The van der Waals surface area contributed by atoms with Gasteiger partial charge in [-0.25, -0.2) is 0 Å². The first-order valence-corrected chi connectivity index (χ1v) is 23.3. The molecule has 0 aliphatic carbocycles. The first-order chi connectivity index (χ1) is 26.5. The fourth-order valence-electron chi connectivity index (χ4n) is 6.67. The van der Waals surface area contributed by atoms with Gasteiger partial charge in [-0.05, 0) is 38.5 Å². The van der Waals surface area contributed by atoms with Gasteiger partial charge in [-0.15, -0.1) is 0 Å². The van der Waals surface area contributed by atoms with Crippen molar-refractivity contribution in [3.8, 4) is 0 Å². The van der Waals surface area contributed by atoms with Crippen molar-refractivity contribution in [2.75, 3.05) is 13.2 Å². The van der Waals surface area contributed by atoms with Crippen LogP contribution in [-0.4, -0.2) is 37.2 Å². The number of rotatable bonds is 42. The van der Waals surface area contributed by atoms with Gasteiger partial charge >= 0.3 is 17.9 Å². The molecule has 0 aromatic rings. The Morgan fingerprint density at radius 2 is 0.704 bits per heavy atom. The molecule has 0 heterocycles. The SMILES string of the molecule is CCCCCCCC/C=C\C/C=C\CCC(=O)OCC(COC(=O)CCCCCCCCCCCCC)OC(=O)CCCCCCCCCCCCCC. The van der Waals surface area contributed by atoms with Crippen LogP contribution in [0.4, 0.5) is 0 Å². The van der Waals surface area contributed by atoms with E-state index in [-0.39, 0.29) is 37.5 Å². The molecule has 0 amide bonds. The summed E-state index contributed by atoms with van der Waals surface area (Å²) in [4.78, 5) is 37.7. The van der Waals surface area contributed by atoms with Gasteiger partial charge in [-0.2, -0.15) is 0 Å². The molecule has 316 valence electrons. The molecule has 1 unspecified atom stereocenters. The normalized spacial score (nSPS) is 12.1. The third kappa shape index (κ3) is 41.1.